The van der Waals surface area contributed by atoms with Crippen molar-refractivity contribution in [3.8, 4) is 5.69 Å². The zero-order chi connectivity index (χ0) is 16.5. The Morgan fingerprint density at radius 1 is 1.21 bits per heavy atom. The first-order valence-electron chi connectivity index (χ1n) is 8.72. The number of carbonyl (C=O) groups excluding carboxylic acids is 1. The van der Waals surface area contributed by atoms with Crippen molar-refractivity contribution in [2.24, 2.45) is 11.8 Å². The summed E-state index contributed by atoms with van der Waals surface area (Å²) < 4.78 is 1.71. The summed E-state index contributed by atoms with van der Waals surface area (Å²) in [5, 5.41) is 10.4. The molecule has 1 aromatic heterocycles. The van der Waals surface area contributed by atoms with E-state index in [4.69, 9.17) is 0 Å². The molecular weight excluding hydrogens is 302 g/mol. The van der Waals surface area contributed by atoms with Crippen LogP contribution in [-0.2, 0) is 0 Å². The second-order valence-electron chi connectivity index (χ2n) is 6.98. The Labute approximate surface area is 141 Å². The van der Waals surface area contributed by atoms with Crippen molar-refractivity contribution in [1.82, 2.24) is 25.4 Å². The van der Waals surface area contributed by atoms with Crippen LogP contribution in [0.2, 0.25) is 0 Å². The molecule has 2 aliphatic rings. The van der Waals surface area contributed by atoms with E-state index in [2.05, 4.69) is 20.7 Å². The number of nitrogens with zero attached hydrogens (tertiary/aromatic N) is 3. The van der Waals surface area contributed by atoms with Gasteiger partial charge in [-0.15, -0.1) is 0 Å². The first-order valence-corrected chi connectivity index (χ1v) is 8.72. The Hall–Kier alpha value is -2.37. The number of carbonyl (C=O) groups is 1. The SMILES string of the molecule is CC(NC(=O)NC(C1CC1)C1CC1)c1cccc(-n2cncn2)c1. The summed E-state index contributed by atoms with van der Waals surface area (Å²) in [6.45, 7) is 2.00. The van der Waals surface area contributed by atoms with Crippen molar-refractivity contribution in [2.45, 2.75) is 44.7 Å². The van der Waals surface area contributed by atoms with Gasteiger partial charge in [0.05, 0.1) is 11.7 Å². The molecule has 1 atom stereocenters. The van der Waals surface area contributed by atoms with Crippen molar-refractivity contribution in [3.05, 3.63) is 42.5 Å². The van der Waals surface area contributed by atoms with Gasteiger partial charge in [0.15, 0.2) is 0 Å². The number of amides is 2. The van der Waals surface area contributed by atoms with Gasteiger partial charge < -0.3 is 10.6 Å². The van der Waals surface area contributed by atoms with Crippen LogP contribution in [0.5, 0.6) is 0 Å². The Balaban J connectivity index is 1.39. The van der Waals surface area contributed by atoms with Gasteiger partial charge in [0.2, 0.25) is 0 Å². The summed E-state index contributed by atoms with van der Waals surface area (Å²) in [6, 6.07) is 8.24. The molecule has 2 aromatic rings. The minimum absolute atomic E-state index is 0.0579. The Kier molecular flexibility index (Phi) is 3.96. The minimum atomic E-state index is -0.0625. The predicted octanol–water partition coefficient (Wildman–Crippen LogP) is 2.82. The zero-order valence-corrected chi connectivity index (χ0v) is 13.9. The number of hydrogen-bond donors (Lipinski definition) is 2. The molecule has 0 bridgehead atoms. The number of nitrogens with one attached hydrogen (secondary N) is 2. The van der Waals surface area contributed by atoms with Gasteiger partial charge in [0, 0.05) is 6.04 Å². The fourth-order valence-electron chi connectivity index (χ4n) is 3.28. The molecule has 1 unspecified atom stereocenters. The number of aromatic nitrogens is 3. The van der Waals surface area contributed by atoms with Crippen LogP contribution in [0.3, 0.4) is 0 Å². The van der Waals surface area contributed by atoms with E-state index in [1.807, 2.05) is 31.2 Å². The maximum atomic E-state index is 12.4. The van der Waals surface area contributed by atoms with Crippen molar-refractivity contribution in [3.63, 3.8) is 0 Å². The molecule has 2 saturated carbocycles. The molecule has 4 rings (SSSR count). The van der Waals surface area contributed by atoms with E-state index in [1.165, 1.54) is 32.0 Å². The van der Waals surface area contributed by atoms with Crippen molar-refractivity contribution in [2.75, 3.05) is 0 Å². The quantitative estimate of drug-likeness (QED) is 0.858. The zero-order valence-electron chi connectivity index (χ0n) is 13.9. The van der Waals surface area contributed by atoms with Crippen LogP contribution in [0.4, 0.5) is 4.79 Å². The monoisotopic (exact) mass is 325 g/mol. The van der Waals surface area contributed by atoms with E-state index in [1.54, 1.807) is 11.0 Å². The minimum Gasteiger partial charge on any atom is -0.335 e. The lowest BCUT2D eigenvalue weighted by molar-refractivity contribution is 0.230. The Morgan fingerprint density at radius 3 is 2.58 bits per heavy atom. The highest BCUT2D eigenvalue weighted by Crippen LogP contribution is 2.44. The van der Waals surface area contributed by atoms with Crippen LogP contribution in [0.25, 0.3) is 5.69 Å². The summed E-state index contributed by atoms with van der Waals surface area (Å²) in [4.78, 5) is 16.3. The number of rotatable bonds is 6. The summed E-state index contributed by atoms with van der Waals surface area (Å²) in [5.41, 5.74) is 1.99. The largest absolute Gasteiger partial charge is 0.335 e. The third kappa shape index (κ3) is 3.42. The summed E-state index contributed by atoms with van der Waals surface area (Å²) >= 11 is 0. The average molecular weight is 325 g/mol. The molecule has 0 aliphatic heterocycles. The molecule has 1 aromatic carbocycles. The molecule has 0 radical (unpaired) electrons. The maximum Gasteiger partial charge on any atom is 0.315 e. The van der Waals surface area contributed by atoms with Crippen LogP contribution < -0.4 is 10.6 Å². The molecule has 126 valence electrons. The smallest absolute Gasteiger partial charge is 0.315 e. The van der Waals surface area contributed by atoms with Crippen LogP contribution in [0, 0.1) is 11.8 Å². The fourth-order valence-corrected chi connectivity index (χ4v) is 3.28. The lowest BCUT2D eigenvalue weighted by Gasteiger charge is -2.21. The Morgan fingerprint density at radius 2 is 1.96 bits per heavy atom. The van der Waals surface area contributed by atoms with Gasteiger partial charge in [-0.2, -0.15) is 5.10 Å². The standard InChI is InChI=1S/C18H23N5O/c1-12(15-3-2-4-16(9-15)23-11-19-10-20-23)21-18(24)22-17(13-5-6-13)14-7-8-14/h2-4,9-14,17H,5-8H2,1H3,(H2,21,22,24). The molecule has 2 amide bonds. The van der Waals surface area contributed by atoms with Crippen molar-refractivity contribution >= 4 is 6.03 Å². The Bertz CT molecular complexity index is 694. The summed E-state index contributed by atoms with van der Waals surface area (Å²) in [6.07, 6.45) is 8.22. The van der Waals surface area contributed by atoms with Gasteiger partial charge in [-0.3, -0.25) is 0 Å². The molecule has 2 N–H and O–H groups in total. The van der Waals surface area contributed by atoms with Gasteiger partial charge >= 0.3 is 6.03 Å². The van der Waals surface area contributed by atoms with Gasteiger partial charge in [-0.1, -0.05) is 12.1 Å². The van der Waals surface area contributed by atoms with Crippen LogP contribution >= 0.6 is 0 Å². The van der Waals surface area contributed by atoms with Gasteiger partial charge in [-0.25, -0.2) is 14.5 Å². The van der Waals surface area contributed by atoms with Gasteiger partial charge in [-0.05, 0) is 62.1 Å². The number of urea groups is 1. The second-order valence-corrected chi connectivity index (χ2v) is 6.98. The molecule has 1 heterocycles. The van der Waals surface area contributed by atoms with Gasteiger partial charge in [0.1, 0.15) is 12.7 Å². The third-order valence-electron chi connectivity index (χ3n) is 4.96. The summed E-state index contributed by atoms with van der Waals surface area (Å²) in [5.74, 6) is 1.41. The molecule has 0 saturated heterocycles. The molecular formula is C18H23N5O. The highest BCUT2D eigenvalue weighted by atomic mass is 16.2. The van der Waals surface area contributed by atoms with E-state index in [0.29, 0.717) is 17.9 Å². The summed E-state index contributed by atoms with van der Waals surface area (Å²) in [7, 11) is 0. The van der Waals surface area contributed by atoms with Crippen LogP contribution in [-0.4, -0.2) is 26.8 Å². The number of hydrogen-bond acceptors (Lipinski definition) is 3. The van der Waals surface area contributed by atoms with E-state index < -0.39 is 0 Å². The van der Waals surface area contributed by atoms with E-state index in [-0.39, 0.29) is 12.1 Å². The maximum absolute atomic E-state index is 12.4. The lowest BCUT2D eigenvalue weighted by Crippen LogP contribution is -2.45. The molecule has 24 heavy (non-hydrogen) atoms. The molecule has 0 spiro atoms. The third-order valence-corrected chi connectivity index (χ3v) is 4.96. The fraction of sp³-hybridized carbons (Fsp3) is 0.500. The van der Waals surface area contributed by atoms with Crippen LogP contribution in [0.1, 0.15) is 44.2 Å². The number of benzene rings is 1. The molecule has 6 heteroatoms. The lowest BCUT2D eigenvalue weighted by atomic mass is 10.1. The van der Waals surface area contributed by atoms with Gasteiger partial charge in [0.25, 0.3) is 0 Å². The van der Waals surface area contributed by atoms with E-state index >= 15 is 0 Å². The van der Waals surface area contributed by atoms with E-state index in [9.17, 15) is 4.79 Å². The normalized spacial score (nSPS) is 18.4. The first kappa shape index (κ1) is 15.2. The molecule has 2 aliphatic carbocycles. The van der Waals surface area contributed by atoms with E-state index in [0.717, 1.165) is 11.3 Å². The topological polar surface area (TPSA) is 71.8 Å². The predicted molar refractivity (Wildman–Crippen MR) is 90.7 cm³/mol. The van der Waals surface area contributed by atoms with Crippen molar-refractivity contribution in [1.29, 1.82) is 0 Å². The molecule has 6 nitrogen and oxygen atoms in total. The van der Waals surface area contributed by atoms with Crippen molar-refractivity contribution < 1.29 is 4.79 Å². The second kappa shape index (κ2) is 6.26. The highest BCUT2D eigenvalue weighted by molar-refractivity contribution is 5.75. The highest BCUT2D eigenvalue weighted by Gasteiger charge is 2.42. The van der Waals surface area contributed by atoms with Crippen LogP contribution in [0.15, 0.2) is 36.9 Å². The molecule has 2 fully saturated rings. The average Bonchev–Trinajstić information content (AvgIpc) is 3.52. The first-order chi connectivity index (χ1) is 11.7.